The molecular formula is C15H15Cl2NO2. The average molecular weight is 312 g/mol. The highest BCUT2D eigenvalue weighted by Gasteiger charge is 2.50. The second-order valence-corrected chi connectivity index (χ2v) is 6.16. The topological polar surface area (TPSA) is 40.5 Å². The Morgan fingerprint density at radius 2 is 1.75 bits per heavy atom. The van der Waals surface area contributed by atoms with Gasteiger partial charge in [-0.1, -0.05) is 48.2 Å². The predicted molar refractivity (Wildman–Crippen MR) is 78.4 cm³/mol. The van der Waals surface area contributed by atoms with Gasteiger partial charge in [-0.25, -0.2) is 0 Å². The molecule has 0 aromatic heterocycles. The lowest BCUT2D eigenvalue weighted by molar-refractivity contribution is -0.149. The average Bonchev–Trinajstić information content (AvgIpc) is 2.99. The molecule has 0 spiro atoms. The third kappa shape index (κ3) is 2.05. The third-order valence-corrected chi connectivity index (χ3v) is 4.73. The molecule has 1 heterocycles. The van der Waals surface area contributed by atoms with Gasteiger partial charge in [-0.2, -0.15) is 0 Å². The van der Waals surface area contributed by atoms with Crippen molar-refractivity contribution in [2.75, 3.05) is 0 Å². The summed E-state index contributed by atoms with van der Waals surface area (Å²) in [7, 11) is 0. The van der Waals surface area contributed by atoms with E-state index in [9.17, 15) is 9.90 Å². The van der Waals surface area contributed by atoms with Gasteiger partial charge in [-0.05, 0) is 25.0 Å². The van der Waals surface area contributed by atoms with Crippen LogP contribution < -0.4 is 0 Å². The highest BCUT2D eigenvalue weighted by Crippen LogP contribution is 2.44. The normalized spacial score (nSPS) is 27.2. The number of carbonyl (C=O) groups excluding carboxylic acids is 1. The third-order valence-electron chi connectivity index (χ3n) is 4.11. The summed E-state index contributed by atoms with van der Waals surface area (Å²) in [5.74, 6) is -0.223. The van der Waals surface area contributed by atoms with Gasteiger partial charge < -0.3 is 5.11 Å². The maximum absolute atomic E-state index is 12.2. The van der Waals surface area contributed by atoms with Gasteiger partial charge in [0.05, 0.1) is 5.03 Å². The van der Waals surface area contributed by atoms with E-state index in [1.54, 1.807) is 24.3 Å². The van der Waals surface area contributed by atoms with Crippen molar-refractivity contribution >= 4 is 29.1 Å². The van der Waals surface area contributed by atoms with Crippen LogP contribution in [0.25, 0.3) is 0 Å². The van der Waals surface area contributed by atoms with Crippen LogP contribution in [0.15, 0.2) is 35.4 Å². The van der Waals surface area contributed by atoms with E-state index < -0.39 is 5.72 Å². The van der Waals surface area contributed by atoms with Crippen molar-refractivity contribution in [2.45, 2.75) is 37.5 Å². The number of nitrogens with zero attached hydrogens (tertiary/aromatic N) is 1. The van der Waals surface area contributed by atoms with Gasteiger partial charge in [0.1, 0.15) is 0 Å². The van der Waals surface area contributed by atoms with Crippen molar-refractivity contribution in [2.24, 2.45) is 0 Å². The first-order valence-electron chi connectivity index (χ1n) is 6.73. The lowest BCUT2D eigenvalue weighted by Crippen LogP contribution is -2.50. The zero-order valence-electron chi connectivity index (χ0n) is 10.9. The minimum absolute atomic E-state index is 0.0377. The van der Waals surface area contributed by atoms with Gasteiger partial charge in [0.2, 0.25) is 5.72 Å². The molecule has 0 saturated heterocycles. The molecule has 2 aliphatic rings. The Balaban J connectivity index is 2.04. The second kappa shape index (κ2) is 5.06. The number of benzene rings is 1. The monoisotopic (exact) mass is 311 g/mol. The summed E-state index contributed by atoms with van der Waals surface area (Å²) < 4.78 is 0. The summed E-state index contributed by atoms with van der Waals surface area (Å²) in [5, 5.41) is 11.8. The molecule has 106 valence electrons. The molecule has 0 radical (unpaired) electrons. The number of hydrogen-bond donors (Lipinski definition) is 1. The van der Waals surface area contributed by atoms with Crippen molar-refractivity contribution in [1.82, 2.24) is 4.90 Å². The van der Waals surface area contributed by atoms with E-state index in [2.05, 4.69) is 0 Å². The van der Waals surface area contributed by atoms with Crippen LogP contribution in [0.4, 0.5) is 0 Å². The van der Waals surface area contributed by atoms with E-state index in [0.29, 0.717) is 10.6 Å². The number of amides is 1. The van der Waals surface area contributed by atoms with E-state index in [4.69, 9.17) is 23.2 Å². The fourth-order valence-electron chi connectivity index (χ4n) is 3.12. The largest absolute Gasteiger partial charge is 0.362 e. The van der Waals surface area contributed by atoms with Crippen molar-refractivity contribution < 1.29 is 9.90 Å². The molecule has 1 amide bonds. The second-order valence-electron chi connectivity index (χ2n) is 5.32. The van der Waals surface area contributed by atoms with Crippen molar-refractivity contribution in [3.63, 3.8) is 0 Å². The zero-order valence-corrected chi connectivity index (χ0v) is 12.4. The van der Waals surface area contributed by atoms with Gasteiger partial charge in [-0.15, -0.1) is 0 Å². The van der Waals surface area contributed by atoms with Crippen LogP contribution in [-0.2, 0) is 10.5 Å². The molecule has 1 aliphatic carbocycles. The molecule has 1 aromatic carbocycles. The van der Waals surface area contributed by atoms with Crippen LogP contribution in [0.3, 0.4) is 0 Å². The van der Waals surface area contributed by atoms with E-state index in [1.807, 2.05) is 0 Å². The Kier molecular flexibility index (Phi) is 3.53. The van der Waals surface area contributed by atoms with Gasteiger partial charge in [0.25, 0.3) is 5.91 Å². The van der Waals surface area contributed by atoms with Crippen LogP contribution in [0.2, 0.25) is 5.02 Å². The first-order valence-corrected chi connectivity index (χ1v) is 7.48. The quantitative estimate of drug-likeness (QED) is 0.909. The van der Waals surface area contributed by atoms with Gasteiger partial charge >= 0.3 is 0 Å². The SMILES string of the molecule is O=C1C=C(Cl)C(O)(c2ccc(Cl)cc2)N1C1CCCC1. The molecule has 0 bridgehead atoms. The van der Waals surface area contributed by atoms with Gasteiger partial charge in [0, 0.05) is 22.7 Å². The van der Waals surface area contributed by atoms with Crippen LogP contribution >= 0.6 is 23.2 Å². The minimum atomic E-state index is -1.56. The van der Waals surface area contributed by atoms with E-state index >= 15 is 0 Å². The van der Waals surface area contributed by atoms with Crippen LogP contribution in [0, 0.1) is 0 Å². The highest BCUT2D eigenvalue weighted by atomic mass is 35.5. The first kappa shape index (κ1) is 13.9. The van der Waals surface area contributed by atoms with E-state index in [-0.39, 0.29) is 17.0 Å². The molecule has 1 aromatic rings. The van der Waals surface area contributed by atoms with Gasteiger partial charge in [0.15, 0.2) is 0 Å². The molecule has 1 unspecified atom stereocenters. The standard InChI is InChI=1S/C15H15Cl2NO2/c16-11-7-5-10(6-8-11)15(20)13(17)9-14(19)18(15)12-3-1-2-4-12/h5-9,12,20H,1-4H2. The lowest BCUT2D eigenvalue weighted by atomic mass is 10.00. The van der Waals surface area contributed by atoms with Crippen LogP contribution in [-0.4, -0.2) is 22.0 Å². The number of aliphatic hydroxyl groups is 1. The number of hydrogen-bond acceptors (Lipinski definition) is 2. The zero-order chi connectivity index (χ0) is 14.3. The van der Waals surface area contributed by atoms with Crippen molar-refractivity contribution in [3.05, 3.63) is 46.0 Å². The first-order chi connectivity index (χ1) is 9.53. The molecule has 5 heteroatoms. The Hall–Kier alpha value is -1.03. The highest BCUT2D eigenvalue weighted by molar-refractivity contribution is 6.33. The summed E-state index contributed by atoms with van der Waals surface area (Å²) >= 11 is 12.1. The smallest absolute Gasteiger partial charge is 0.250 e. The Bertz CT molecular complexity index is 564. The maximum atomic E-state index is 12.2. The van der Waals surface area contributed by atoms with Crippen LogP contribution in [0.5, 0.6) is 0 Å². The van der Waals surface area contributed by atoms with E-state index in [0.717, 1.165) is 25.7 Å². The minimum Gasteiger partial charge on any atom is -0.362 e. The summed E-state index contributed by atoms with van der Waals surface area (Å²) in [6, 6.07) is 6.83. The maximum Gasteiger partial charge on any atom is 0.250 e. The molecule has 20 heavy (non-hydrogen) atoms. The van der Waals surface area contributed by atoms with Crippen molar-refractivity contribution in [1.29, 1.82) is 0 Å². The molecule has 1 aliphatic heterocycles. The fourth-order valence-corrected chi connectivity index (χ4v) is 3.54. The molecule has 1 N–H and O–H groups in total. The molecule has 3 nitrogen and oxygen atoms in total. The molecule has 1 fully saturated rings. The van der Waals surface area contributed by atoms with Gasteiger partial charge in [-0.3, -0.25) is 9.69 Å². The lowest BCUT2D eigenvalue weighted by Gasteiger charge is -2.39. The Labute approximate surface area is 127 Å². The summed E-state index contributed by atoms with van der Waals surface area (Å²) in [5.41, 5.74) is -0.987. The number of carbonyl (C=O) groups is 1. The summed E-state index contributed by atoms with van der Waals surface area (Å²) in [6.45, 7) is 0. The molecular weight excluding hydrogens is 297 g/mol. The molecule has 3 rings (SSSR count). The fraction of sp³-hybridized carbons (Fsp3) is 0.400. The van der Waals surface area contributed by atoms with Crippen molar-refractivity contribution in [3.8, 4) is 0 Å². The number of rotatable bonds is 2. The Morgan fingerprint density at radius 1 is 1.15 bits per heavy atom. The van der Waals surface area contributed by atoms with Crippen LogP contribution in [0.1, 0.15) is 31.2 Å². The Morgan fingerprint density at radius 3 is 2.35 bits per heavy atom. The summed E-state index contributed by atoms with van der Waals surface area (Å²) in [4.78, 5) is 13.7. The number of halogens is 2. The molecule has 1 atom stereocenters. The molecule has 1 saturated carbocycles. The van der Waals surface area contributed by atoms with E-state index in [1.165, 1.54) is 11.0 Å². The summed E-state index contributed by atoms with van der Waals surface area (Å²) in [6.07, 6.45) is 5.26. The predicted octanol–water partition coefficient (Wildman–Crippen LogP) is 3.39.